The lowest BCUT2D eigenvalue weighted by molar-refractivity contribution is 0.353. The number of hydrogen-bond acceptors (Lipinski definition) is 14. The molecule has 0 atom stereocenters. The van der Waals surface area contributed by atoms with E-state index in [-0.39, 0.29) is 7.43 Å². The van der Waals surface area contributed by atoms with Gasteiger partial charge in [-0.25, -0.2) is 24.5 Å². The van der Waals surface area contributed by atoms with E-state index in [1.54, 1.807) is 88.9 Å². The number of ether oxygens (including phenoxy) is 2. The minimum absolute atomic E-state index is 0. The minimum Gasteiger partial charge on any atom is -0.493 e. The van der Waals surface area contributed by atoms with E-state index in [1.165, 1.54) is 144 Å². The molecule has 6 aromatic carbocycles. The first kappa shape index (κ1) is 125. The van der Waals surface area contributed by atoms with Crippen molar-refractivity contribution in [3.05, 3.63) is 366 Å². The molecule has 16 aromatic rings. The van der Waals surface area contributed by atoms with Crippen LogP contribution in [0.1, 0.15) is 260 Å². The normalized spacial score (nSPS) is 11.8. The van der Waals surface area contributed by atoms with Gasteiger partial charge in [0.05, 0.1) is 49.8 Å². The third-order valence-corrected chi connectivity index (χ3v) is 21.3. The molecule has 0 saturated heterocycles. The standard InChI is InChI=1S/2C9H11N.2C9H10.C8H8N2.C8H9N.C8H8O.C8H8S.C7H7N3.C7H7NO.2C6H5N3.12C2H6.CH4/c1-10-6-8-4-2-3-5-9(8)7-10;1-10-7-6-8-4-2-3-5-9(8)10;2*1-2-5-9-7-3-6-8(9)4-1;1-10-6-4-7-3-2-5-9-8(7)10;1-3-7-4-2-6-9-8(7)5-1;2*1-2-4-8-7(3-1)5-6-9-8;1-10-5-9-6-4-8-3-2-7(6)10;1-3-8-5-7-6(1)2-4-9-7;1-3-9-4-2-8-6(9)5-7-1;1-3-7-6-2-4-8-9(6)5-1;12*1-2;/h2*2-5H,6-7H2,1H3;2*1-2,4-5H,3,6-7H2;2-6H,1H3;2,4,6H,1,3,5H2;2*1-4H,5-6H2;2-5H,1H3;1,3,5H,2,4H2;2*1-5H;12*1-2H3;1H4. The molecule has 18 heteroatoms. The molecule has 10 aromatic heterocycles. The second-order valence-corrected chi connectivity index (χ2v) is 29.2. The van der Waals surface area contributed by atoms with Crippen molar-refractivity contribution in [2.24, 2.45) is 14.1 Å². The molecule has 0 N–H and O–H groups in total. The van der Waals surface area contributed by atoms with Gasteiger partial charge >= 0.3 is 0 Å². The number of imidazole rings is 2. The van der Waals surface area contributed by atoms with Crippen LogP contribution in [0.2, 0.25) is 0 Å². The molecule has 17 nitrogen and oxygen atoms in total. The van der Waals surface area contributed by atoms with Crippen molar-refractivity contribution in [2.45, 2.75) is 275 Å². The molecule has 0 spiro atoms. The van der Waals surface area contributed by atoms with Crippen LogP contribution in [0.5, 0.6) is 11.5 Å². The summed E-state index contributed by atoms with van der Waals surface area (Å²) in [5.74, 6) is 3.30. The van der Waals surface area contributed by atoms with E-state index in [1.807, 2.05) is 297 Å². The summed E-state index contributed by atoms with van der Waals surface area (Å²) in [6, 6.07) is 69.4. The molecule has 0 bridgehead atoms. The van der Waals surface area contributed by atoms with Crippen LogP contribution in [0.4, 0.5) is 5.69 Å². The van der Waals surface area contributed by atoms with Crippen molar-refractivity contribution in [3.8, 4) is 11.5 Å². The number of nitrogens with zero attached hydrogens (tertiary/aromatic N) is 15. The Hall–Kier alpha value is -12.1. The van der Waals surface area contributed by atoms with Gasteiger partial charge in [-0.15, -0.1) is 11.8 Å². The fourth-order valence-electron chi connectivity index (χ4n) is 14.3. The minimum atomic E-state index is 0. The van der Waals surface area contributed by atoms with Crippen LogP contribution in [0.25, 0.3) is 33.4 Å². The highest BCUT2D eigenvalue weighted by atomic mass is 32.2. The Morgan fingerprint density at radius 3 is 1.34 bits per heavy atom. The lowest BCUT2D eigenvalue weighted by Crippen LogP contribution is -2.12. The fraction of sp³-hybridized carbons (Fsp3) is 0.403. The predicted octanol–water partition coefficient (Wildman–Crippen LogP) is 31.2. The van der Waals surface area contributed by atoms with Crippen LogP contribution in [0, 0.1) is 0 Å². The summed E-state index contributed by atoms with van der Waals surface area (Å²) < 4.78 is 18.1. The summed E-state index contributed by atoms with van der Waals surface area (Å²) in [6.07, 6.45) is 45.1. The average Bonchev–Trinajstić information content (AvgIpc) is 1.71. The second kappa shape index (κ2) is 81.1. The summed E-state index contributed by atoms with van der Waals surface area (Å²) in [6.45, 7) is 53.1. The Morgan fingerprint density at radius 2 is 0.788 bits per heavy atom. The highest BCUT2D eigenvalue weighted by Crippen LogP contribution is 2.31. The zero-order valence-corrected chi connectivity index (χ0v) is 89.5. The smallest absolute Gasteiger partial charge is 0.155 e. The maximum atomic E-state index is 5.30. The molecule has 24 rings (SSSR count). The van der Waals surface area contributed by atoms with Crippen molar-refractivity contribution >= 4 is 50.8 Å². The van der Waals surface area contributed by atoms with Crippen LogP contribution in [-0.2, 0) is 91.4 Å². The van der Waals surface area contributed by atoms with Crippen molar-refractivity contribution in [3.63, 3.8) is 0 Å². The van der Waals surface area contributed by atoms with E-state index in [4.69, 9.17) is 9.47 Å². The molecule has 137 heavy (non-hydrogen) atoms. The Labute approximate surface area is 834 Å². The summed E-state index contributed by atoms with van der Waals surface area (Å²) in [7, 11) is 8.26. The molecule has 744 valence electrons. The number of likely N-dealkylation sites (N-methyl/N-ethyl adjacent to an activating group) is 1. The Bertz CT molecular complexity index is 4820. The number of anilines is 1. The summed E-state index contributed by atoms with van der Waals surface area (Å²) in [5.41, 5.74) is 24.0. The number of hydrogen-bond donors (Lipinski definition) is 0. The summed E-state index contributed by atoms with van der Waals surface area (Å²) in [4.78, 5) is 38.5. The third-order valence-electron chi connectivity index (χ3n) is 20.2. The highest BCUT2D eigenvalue weighted by molar-refractivity contribution is 7.99. The molecule has 15 heterocycles. The van der Waals surface area contributed by atoms with Crippen LogP contribution >= 0.6 is 11.8 Å². The van der Waals surface area contributed by atoms with Crippen LogP contribution in [0.15, 0.2) is 304 Å². The van der Waals surface area contributed by atoms with E-state index < -0.39 is 0 Å². The third kappa shape index (κ3) is 44.7. The quantitative estimate of drug-likeness (QED) is 0.141. The first-order valence-electron chi connectivity index (χ1n) is 50.8. The molecule has 8 aliphatic rings. The molecule has 5 aliphatic heterocycles. The van der Waals surface area contributed by atoms with Crippen LogP contribution in [-0.4, -0.2) is 108 Å². The Balaban J connectivity index is 0.00000144. The lowest BCUT2D eigenvalue weighted by Gasteiger charge is -2.10. The van der Waals surface area contributed by atoms with Gasteiger partial charge < -0.3 is 27.9 Å². The van der Waals surface area contributed by atoms with Gasteiger partial charge in [0.25, 0.3) is 0 Å². The van der Waals surface area contributed by atoms with Gasteiger partial charge in [-0.2, -0.15) is 5.10 Å². The van der Waals surface area contributed by atoms with Crippen molar-refractivity contribution in [1.29, 1.82) is 0 Å². The van der Waals surface area contributed by atoms with E-state index in [9.17, 15) is 0 Å². The topological polar surface area (TPSA) is 160 Å². The molecular weight excluding hydrogens is 1700 g/mol. The molecule has 3 aliphatic carbocycles. The maximum absolute atomic E-state index is 5.30. The zero-order valence-electron chi connectivity index (χ0n) is 88.7. The molecule has 0 amide bonds. The van der Waals surface area contributed by atoms with Crippen molar-refractivity contribution in [1.82, 2.24) is 67.9 Å². The zero-order chi connectivity index (χ0) is 101. The monoisotopic (exact) mass is 1880 g/mol. The van der Waals surface area contributed by atoms with Gasteiger partial charge in [0.2, 0.25) is 0 Å². The average molecular weight is 1880 g/mol. The van der Waals surface area contributed by atoms with Gasteiger partial charge in [0.1, 0.15) is 22.7 Å². The van der Waals surface area contributed by atoms with Crippen molar-refractivity contribution < 1.29 is 9.47 Å². The maximum Gasteiger partial charge on any atom is 0.155 e. The van der Waals surface area contributed by atoms with Gasteiger partial charge in [-0.3, -0.25) is 24.8 Å². The first-order valence-corrected chi connectivity index (χ1v) is 51.8. The first-order chi connectivity index (χ1) is 67.2. The van der Waals surface area contributed by atoms with Crippen LogP contribution < -0.4 is 14.4 Å². The number of aryl methyl sites for hydroxylation is 9. The number of pyridine rings is 4. The molecular formula is C119H175N15O2S. The number of thioether (sulfide) groups is 1. The number of rotatable bonds is 0. The van der Waals surface area contributed by atoms with Gasteiger partial charge in [-0.1, -0.05) is 307 Å². The molecule has 0 saturated carbocycles. The Morgan fingerprint density at radius 1 is 0.314 bits per heavy atom. The Kier molecular flexibility index (Phi) is 73.9. The van der Waals surface area contributed by atoms with E-state index in [0.717, 1.165) is 78.6 Å². The van der Waals surface area contributed by atoms with E-state index in [0.29, 0.717) is 0 Å². The van der Waals surface area contributed by atoms with Gasteiger partial charge in [0, 0.05) is 161 Å². The lowest BCUT2D eigenvalue weighted by atomic mass is 10.1. The molecule has 0 unspecified atom stereocenters. The highest BCUT2D eigenvalue weighted by Gasteiger charge is 2.16. The molecule has 0 radical (unpaired) electrons. The second-order valence-electron chi connectivity index (χ2n) is 28.0. The number of para-hydroxylation sites is 2. The number of aromatic nitrogens is 13. The van der Waals surface area contributed by atoms with Gasteiger partial charge in [-0.05, 0) is 194 Å². The number of benzene rings is 6. The van der Waals surface area contributed by atoms with E-state index in [2.05, 4.69) is 214 Å². The largest absolute Gasteiger partial charge is 0.493 e. The predicted molar refractivity (Wildman–Crippen MR) is 596 cm³/mol. The summed E-state index contributed by atoms with van der Waals surface area (Å²) >= 11 is 1.97. The van der Waals surface area contributed by atoms with Crippen LogP contribution in [0.3, 0.4) is 0 Å². The van der Waals surface area contributed by atoms with Crippen molar-refractivity contribution in [2.75, 3.05) is 44.5 Å². The fourth-order valence-corrected chi connectivity index (χ4v) is 15.4. The SMILES string of the molecule is C.CC.CC.CC.CC.CC.CC.CC.CC.CC.CC.CC.CC.CN1CCc2ccccc21.CN1Cc2ccccc2C1.Cn1ccc2cccnc21.Cn1cnc2cnccc21.c1cc2c(cn1)OCC2.c1ccc2c(c1)CCC2.c1ccc2c(c1)CCC2.c1ccc2c(c1)CCO2.c1ccc2c(c1)CCS2.c1cn2ccnc2cn1.c1cnc2c(c1)CCC2.c1cnc2ccnn2c1. The number of fused-ring (bicyclic) bond motifs is 12. The van der Waals surface area contributed by atoms with Gasteiger partial charge in [0.15, 0.2) is 11.3 Å². The molecule has 0 fully saturated rings. The summed E-state index contributed by atoms with van der Waals surface area (Å²) in [5, 5.41) is 5.17. The van der Waals surface area contributed by atoms with E-state index >= 15 is 0 Å².